The van der Waals surface area contributed by atoms with Crippen LogP contribution in [0.4, 0.5) is 4.39 Å². The van der Waals surface area contributed by atoms with Crippen LogP contribution in [0.2, 0.25) is 0 Å². The maximum atomic E-state index is 13.4. The van der Waals surface area contributed by atoms with Crippen molar-refractivity contribution in [1.29, 1.82) is 0 Å². The maximum Gasteiger partial charge on any atom is 0.244 e. The lowest BCUT2D eigenvalue weighted by Crippen LogP contribution is -2.26. The van der Waals surface area contributed by atoms with Gasteiger partial charge >= 0.3 is 0 Å². The molecule has 0 aliphatic carbocycles. The number of ether oxygens (including phenoxy) is 1. The molecule has 132 valence electrons. The van der Waals surface area contributed by atoms with Crippen LogP contribution >= 0.6 is 0 Å². The van der Waals surface area contributed by atoms with E-state index >= 15 is 0 Å². The minimum absolute atomic E-state index is 0.111. The predicted octanol–water partition coefficient (Wildman–Crippen LogP) is 3.15. The van der Waals surface area contributed by atoms with Crippen LogP contribution in [0.5, 0.6) is 5.75 Å². The van der Waals surface area contributed by atoms with Crippen molar-refractivity contribution in [1.82, 2.24) is 9.71 Å². The first-order valence-corrected chi connectivity index (χ1v) is 9.29. The van der Waals surface area contributed by atoms with Crippen molar-refractivity contribution in [2.24, 2.45) is 0 Å². The number of fused-ring (bicyclic) bond motifs is 1. The van der Waals surface area contributed by atoms with Gasteiger partial charge in [0.25, 0.3) is 0 Å². The van der Waals surface area contributed by atoms with Crippen LogP contribution in [-0.4, -0.2) is 27.1 Å². The molecule has 2 aromatic carbocycles. The summed E-state index contributed by atoms with van der Waals surface area (Å²) in [7, 11) is -2.26. The third-order valence-electron chi connectivity index (χ3n) is 4.02. The van der Waals surface area contributed by atoms with Gasteiger partial charge in [0.05, 0.1) is 7.11 Å². The first kappa shape index (κ1) is 17.4. The highest BCUT2D eigenvalue weighted by Crippen LogP contribution is 2.25. The fourth-order valence-electron chi connectivity index (χ4n) is 2.75. The van der Waals surface area contributed by atoms with Crippen LogP contribution in [0.15, 0.2) is 47.5 Å². The van der Waals surface area contributed by atoms with Crippen LogP contribution in [0, 0.1) is 12.7 Å². The van der Waals surface area contributed by atoms with Gasteiger partial charge in [-0.05, 0) is 54.8 Å². The third-order valence-corrected chi connectivity index (χ3v) is 5.51. The number of methoxy groups -OCH3 is 1. The first-order valence-electron chi connectivity index (χ1n) is 7.80. The van der Waals surface area contributed by atoms with Gasteiger partial charge in [-0.3, -0.25) is 0 Å². The summed E-state index contributed by atoms with van der Waals surface area (Å²) in [5.74, 6) is -0.0225. The number of aryl methyl sites for hydroxylation is 1. The molecule has 25 heavy (non-hydrogen) atoms. The smallest absolute Gasteiger partial charge is 0.244 e. The number of benzene rings is 2. The van der Waals surface area contributed by atoms with Crippen LogP contribution in [0.25, 0.3) is 10.9 Å². The Kier molecular flexibility index (Phi) is 4.78. The summed E-state index contributed by atoms with van der Waals surface area (Å²) < 4.78 is 46.2. The molecule has 7 heteroatoms. The Morgan fingerprint density at radius 3 is 2.76 bits per heavy atom. The molecule has 0 fully saturated rings. The molecule has 3 rings (SSSR count). The molecule has 0 saturated heterocycles. The zero-order valence-corrected chi connectivity index (χ0v) is 14.8. The Hall–Kier alpha value is -2.38. The predicted molar refractivity (Wildman–Crippen MR) is 94.9 cm³/mol. The molecule has 3 aromatic rings. The quantitative estimate of drug-likeness (QED) is 0.708. The van der Waals surface area contributed by atoms with E-state index in [1.807, 2.05) is 6.92 Å². The van der Waals surface area contributed by atoms with Crippen molar-refractivity contribution in [3.05, 3.63) is 59.5 Å². The summed E-state index contributed by atoms with van der Waals surface area (Å²) in [6, 6.07) is 9.48. The fourth-order valence-corrected chi connectivity index (χ4v) is 4.03. The SMILES string of the molecule is COc1ccc(C)cc1S(=O)(=O)NCCc1c[nH]c2ccc(F)cc12. The summed E-state index contributed by atoms with van der Waals surface area (Å²) in [4.78, 5) is 3.17. The second-order valence-electron chi connectivity index (χ2n) is 5.81. The number of hydrogen-bond acceptors (Lipinski definition) is 3. The molecule has 0 aliphatic heterocycles. The van der Waals surface area contributed by atoms with Crippen LogP contribution in [0.3, 0.4) is 0 Å². The van der Waals surface area contributed by atoms with E-state index in [1.165, 1.54) is 19.2 Å². The zero-order chi connectivity index (χ0) is 18.0. The molecule has 0 saturated carbocycles. The minimum atomic E-state index is -3.70. The summed E-state index contributed by atoms with van der Waals surface area (Å²) >= 11 is 0. The topological polar surface area (TPSA) is 71.2 Å². The van der Waals surface area contributed by atoms with Crippen LogP contribution in [0.1, 0.15) is 11.1 Å². The van der Waals surface area contributed by atoms with E-state index < -0.39 is 10.0 Å². The van der Waals surface area contributed by atoms with E-state index in [4.69, 9.17) is 4.74 Å². The highest BCUT2D eigenvalue weighted by molar-refractivity contribution is 7.89. The number of aromatic amines is 1. The number of rotatable bonds is 6. The van der Waals surface area contributed by atoms with Crippen molar-refractivity contribution >= 4 is 20.9 Å². The normalized spacial score (nSPS) is 11.8. The summed E-state index contributed by atoms with van der Waals surface area (Å²) in [6.07, 6.45) is 2.21. The largest absolute Gasteiger partial charge is 0.495 e. The van der Waals surface area contributed by atoms with E-state index in [0.717, 1.165) is 22.0 Å². The van der Waals surface area contributed by atoms with Gasteiger partial charge in [-0.25, -0.2) is 17.5 Å². The number of nitrogens with one attached hydrogen (secondary N) is 2. The molecule has 5 nitrogen and oxygen atoms in total. The van der Waals surface area contributed by atoms with Crippen molar-refractivity contribution < 1.29 is 17.5 Å². The van der Waals surface area contributed by atoms with Gasteiger partial charge in [-0.2, -0.15) is 0 Å². The number of sulfonamides is 1. The molecule has 0 spiro atoms. The van der Waals surface area contributed by atoms with Gasteiger partial charge in [0, 0.05) is 23.6 Å². The second kappa shape index (κ2) is 6.85. The van der Waals surface area contributed by atoms with Gasteiger partial charge < -0.3 is 9.72 Å². The lowest BCUT2D eigenvalue weighted by molar-refractivity contribution is 0.402. The van der Waals surface area contributed by atoms with Crippen molar-refractivity contribution in [3.63, 3.8) is 0 Å². The Bertz CT molecular complexity index is 1010. The molecular weight excluding hydrogens is 343 g/mol. The van der Waals surface area contributed by atoms with Gasteiger partial charge in [-0.1, -0.05) is 6.07 Å². The summed E-state index contributed by atoms with van der Waals surface area (Å²) in [5, 5.41) is 0.757. The highest BCUT2D eigenvalue weighted by Gasteiger charge is 2.19. The maximum absolute atomic E-state index is 13.4. The average molecular weight is 362 g/mol. The third kappa shape index (κ3) is 3.67. The average Bonchev–Trinajstić information content (AvgIpc) is 2.97. The lowest BCUT2D eigenvalue weighted by atomic mass is 10.1. The van der Waals surface area contributed by atoms with Crippen LogP contribution in [-0.2, 0) is 16.4 Å². The Labute approximate surface area is 145 Å². The second-order valence-corrected chi connectivity index (χ2v) is 7.54. The summed E-state index contributed by atoms with van der Waals surface area (Å²) in [5.41, 5.74) is 2.50. The Morgan fingerprint density at radius 2 is 2.00 bits per heavy atom. The zero-order valence-electron chi connectivity index (χ0n) is 14.0. The Morgan fingerprint density at radius 1 is 1.20 bits per heavy atom. The van der Waals surface area contributed by atoms with E-state index in [9.17, 15) is 12.8 Å². The molecule has 0 aliphatic rings. The van der Waals surface area contributed by atoms with Gasteiger partial charge in [0.1, 0.15) is 16.5 Å². The number of aromatic nitrogens is 1. The standard InChI is InChI=1S/C18H19FN2O3S/c1-12-3-6-17(24-2)18(9-12)25(22,23)21-8-7-13-11-20-16-5-4-14(19)10-15(13)16/h3-6,9-11,20-21H,7-8H2,1-2H3. The summed E-state index contributed by atoms with van der Waals surface area (Å²) in [6.45, 7) is 2.02. The van der Waals surface area contributed by atoms with E-state index in [1.54, 1.807) is 30.5 Å². The van der Waals surface area contributed by atoms with Gasteiger partial charge in [0.2, 0.25) is 10.0 Å². The fraction of sp³-hybridized carbons (Fsp3) is 0.222. The van der Waals surface area contributed by atoms with E-state index in [2.05, 4.69) is 9.71 Å². The molecule has 0 unspecified atom stereocenters. The number of H-pyrrole nitrogens is 1. The van der Waals surface area contributed by atoms with Crippen LogP contribution < -0.4 is 9.46 Å². The van der Waals surface area contributed by atoms with Gasteiger partial charge in [0.15, 0.2) is 0 Å². The van der Waals surface area contributed by atoms with Crippen molar-refractivity contribution in [2.45, 2.75) is 18.2 Å². The van der Waals surface area contributed by atoms with E-state index in [-0.39, 0.29) is 17.3 Å². The molecule has 1 heterocycles. The molecule has 0 amide bonds. The molecule has 0 bridgehead atoms. The van der Waals surface area contributed by atoms with Crippen molar-refractivity contribution in [3.8, 4) is 5.75 Å². The molecule has 2 N–H and O–H groups in total. The molecule has 1 aromatic heterocycles. The van der Waals surface area contributed by atoms with E-state index in [0.29, 0.717) is 12.2 Å². The molecular formula is C18H19FN2O3S. The first-order chi connectivity index (χ1) is 11.9. The molecule has 0 radical (unpaired) electrons. The molecule has 0 atom stereocenters. The van der Waals surface area contributed by atoms with Gasteiger partial charge in [-0.15, -0.1) is 0 Å². The number of halogens is 1. The lowest BCUT2D eigenvalue weighted by Gasteiger charge is -2.11. The Balaban J connectivity index is 1.76. The number of hydrogen-bond donors (Lipinski definition) is 2. The minimum Gasteiger partial charge on any atom is -0.495 e. The monoisotopic (exact) mass is 362 g/mol. The highest BCUT2D eigenvalue weighted by atomic mass is 32.2. The van der Waals surface area contributed by atoms with Crippen molar-refractivity contribution in [2.75, 3.05) is 13.7 Å².